The second kappa shape index (κ2) is 5.06. The van der Waals surface area contributed by atoms with Gasteiger partial charge < -0.3 is 9.88 Å². The number of hydrogen-bond donors (Lipinski definition) is 1. The van der Waals surface area contributed by atoms with Crippen molar-refractivity contribution in [1.29, 1.82) is 0 Å². The van der Waals surface area contributed by atoms with Crippen LogP contribution in [0, 0.1) is 6.92 Å². The fraction of sp³-hybridized carbons (Fsp3) is 0.417. The van der Waals surface area contributed by atoms with Crippen molar-refractivity contribution < 1.29 is 0 Å². The molecule has 0 fully saturated rings. The van der Waals surface area contributed by atoms with Gasteiger partial charge in [0.05, 0.1) is 22.7 Å². The summed E-state index contributed by atoms with van der Waals surface area (Å²) in [6.07, 6.45) is 3.60. The van der Waals surface area contributed by atoms with Gasteiger partial charge in [-0.3, -0.25) is 0 Å². The van der Waals surface area contributed by atoms with Gasteiger partial charge in [0.25, 0.3) is 0 Å². The second-order valence-corrected chi connectivity index (χ2v) is 5.12. The number of nitrogens with zero attached hydrogens (tertiary/aromatic N) is 4. The molecule has 0 saturated carbocycles. The summed E-state index contributed by atoms with van der Waals surface area (Å²) in [5, 5.41) is 3.06. The number of anilines is 1. The van der Waals surface area contributed by atoms with Gasteiger partial charge in [-0.15, -0.1) is 0 Å². The molecule has 2 aromatic heterocycles. The standard InChI is InChI=1S/C12H16BrN5/c1-7(2)18-6-15-5-9(18)11-16-8(3)10(13)12(14-4)17-11/h5-7H,1-4H3,(H,14,16,17). The van der Waals surface area contributed by atoms with Gasteiger partial charge in [0, 0.05) is 13.1 Å². The predicted molar refractivity (Wildman–Crippen MR) is 75.6 cm³/mol. The molecule has 0 amide bonds. The Morgan fingerprint density at radius 3 is 2.67 bits per heavy atom. The molecule has 5 nitrogen and oxygen atoms in total. The first-order valence-corrected chi connectivity index (χ1v) is 6.58. The lowest BCUT2D eigenvalue weighted by molar-refractivity contribution is 0.603. The molecule has 0 aliphatic heterocycles. The first-order chi connectivity index (χ1) is 8.54. The maximum Gasteiger partial charge on any atom is 0.180 e. The Morgan fingerprint density at radius 1 is 1.33 bits per heavy atom. The zero-order chi connectivity index (χ0) is 13.3. The van der Waals surface area contributed by atoms with Crippen LogP contribution in [0.1, 0.15) is 25.6 Å². The predicted octanol–water partition coefficient (Wildman–Crippen LogP) is 3.03. The zero-order valence-corrected chi connectivity index (χ0v) is 12.5. The van der Waals surface area contributed by atoms with Crippen molar-refractivity contribution >= 4 is 21.7 Å². The van der Waals surface area contributed by atoms with E-state index in [0.717, 1.165) is 21.7 Å². The molecule has 2 aromatic rings. The van der Waals surface area contributed by atoms with E-state index in [1.807, 2.05) is 14.0 Å². The van der Waals surface area contributed by atoms with E-state index in [0.29, 0.717) is 11.9 Å². The van der Waals surface area contributed by atoms with E-state index < -0.39 is 0 Å². The van der Waals surface area contributed by atoms with Crippen LogP contribution in [0.2, 0.25) is 0 Å². The van der Waals surface area contributed by atoms with Crippen molar-refractivity contribution in [3.63, 3.8) is 0 Å². The molecule has 0 spiro atoms. The van der Waals surface area contributed by atoms with E-state index in [1.165, 1.54) is 0 Å². The monoisotopic (exact) mass is 309 g/mol. The first-order valence-electron chi connectivity index (χ1n) is 5.78. The van der Waals surface area contributed by atoms with Gasteiger partial charge in [-0.25, -0.2) is 15.0 Å². The first kappa shape index (κ1) is 13.0. The Morgan fingerprint density at radius 2 is 2.06 bits per heavy atom. The summed E-state index contributed by atoms with van der Waals surface area (Å²) in [6, 6.07) is 0.327. The highest BCUT2D eigenvalue weighted by atomic mass is 79.9. The fourth-order valence-electron chi connectivity index (χ4n) is 1.73. The van der Waals surface area contributed by atoms with Crippen molar-refractivity contribution in [1.82, 2.24) is 19.5 Å². The van der Waals surface area contributed by atoms with E-state index in [1.54, 1.807) is 12.5 Å². The van der Waals surface area contributed by atoms with Gasteiger partial charge in [-0.05, 0) is 36.7 Å². The normalized spacial score (nSPS) is 11.0. The topological polar surface area (TPSA) is 55.6 Å². The van der Waals surface area contributed by atoms with Crippen molar-refractivity contribution in [3.05, 3.63) is 22.7 Å². The molecule has 1 N–H and O–H groups in total. The van der Waals surface area contributed by atoms with Crippen LogP contribution in [-0.4, -0.2) is 26.6 Å². The van der Waals surface area contributed by atoms with E-state index in [-0.39, 0.29) is 0 Å². The molecule has 2 heterocycles. The number of nitrogens with one attached hydrogen (secondary N) is 1. The highest BCUT2D eigenvalue weighted by Gasteiger charge is 2.14. The molecule has 0 bridgehead atoms. The van der Waals surface area contributed by atoms with Crippen LogP contribution in [0.3, 0.4) is 0 Å². The Hall–Kier alpha value is -1.43. The quantitative estimate of drug-likeness (QED) is 0.947. The van der Waals surface area contributed by atoms with Crippen LogP contribution in [0.4, 0.5) is 5.82 Å². The number of aromatic nitrogens is 4. The van der Waals surface area contributed by atoms with Crippen molar-refractivity contribution in [2.45, 2.75) is 26.8 Å². The van der Waals surface area contributed by atoms with E-state index >= 15 is 0 Å². The highest BCUT2D eigenvalue weighted by Crippen LogP contribution is 2.27. The Balaban J connectivity index is 2.57. The third kappa shape index (κ3) is 2.25. The molecule has 0 atom stereocenters. The maximum absolute atomic E-state index is 4.51. The maximum atomic E-state index is 4.51. The van der Waals surface area contributed by atoms with E-state index in [9.17, 15) is 0 Å². The molecule has 18 heavy (non-hydrogen) atoms. The van der Waals surface area contributed by atoms with Gasteiger partial charge in [-0.2, -0.15) is 0 Å². The lowest BCUT2D eigenvalue weighted by Gasteiger charge is -2.13. The van der Waals surface area contributed by atoms with Gasteiger partial charge in [-0.1, -0.05) is 0 Å². The van der Waals surface area contributed by atoms with Gasteiger partial charge in [0.15, 0.2) is 5.82 Å². The van der Waals surface area contributed by atoms with Crippen LogP contribution in [0.5, 0.6) is 0 Å². The SMILES string of the molecule is CNc1nc(-c2cncn2C(C)C)nc(C)c1Br. The molecule has 0 aromatic carbocycles. The summed E-state index contributed by atoms with van der Waals surface area (Å²) in [7, 11) is 1.84. The molecule has 0 aliphatic carbocycles. The molecule has 0 aliphatic rings. The number of halogens is 1. The molecule has 0 unspecified atom stereocenters. The van der Waals surface area contributed by atoms with E-state index in [2.05, 4.69) is 54.6 Å². The number of aryl methyl sites for hydroxylation is 1. The number of rotatable bonds is 3. The molecule has 96 valence electrons. The average molecular weight is 310 g/mol. The number of imidazole rings is 1. The van der Waals surface area contributed by atoms with Gasteiger partial charge in [0.1, 0.15) is 11.5 Å². The van der Waals surface area contributed by atoms with Crippen LogP contribution < -0.4 is 5.32 Å². The lowest BCUT2D eigenvalue weighted by atomic mass is 10.3. The molecular weight excluding hydrogens is 294 g/mol. The van der Waals surface area contributed by atoms with Gasteiger partial charge >= 0.3 is 0 Å². The summed E-state index contributed by atoms with van der Waals surface area (Å²) in [5.41, 5.74) is 1.83. The molecule has 0 radical (unpaired) electrons. The second-order valence-electron chi connectivity index (χ2n) is 4.33. The minimum absolute atomic E-state index is 0.327. The highest BCUT2D eigenvalue weighted by molar-refractivity contribution is 9.10. The molecule has 0 saturated heterocycles. The van der Waals surface area contributed by atoms with Crippen molar-refractivity contribution in [3.8, 4) is 11.5 Å². The lowest BCUT2D eigenvalue weighted by Crippen LogP contribution is -2.06. The number of hydrogen-bond acceptors (Lipinski definition) is 4. The van der Waals surface area contributed by atoms with Crippen LogP contribution in [-0.2, 0) is 0 Å². The van der Waals surface area contributed by atoms with Crippen molar-refractivity contribution in [2.75, 3.05) is 12.4 Å². The Kier molecular flexibility index (Phi) is 3.65. The third-order valence-electron chi connectivity index (χ3n) is 2.71. The smallest absolute Gasteiger partial charge is 0.180 e. The Labute approximate surface area is 115 Å². The van der Waals surface area contributed by atoms with Crippen molar-refractivity contribution in [2.24, 2.45) is 0 Å². The van der Waals surface area contributed by atoms with Gasteiger partial charge in [0.2, 0.25) is 0 Å². The molecule has 6 heteroatoms. The fourth-order valence-corrected chi connectivity index (χ4v) is 2.10. The zero-order valence-electron chi connectivity index (χ0n) is 10.9. The average Bonchev–Trinajstić information content (AvgIpc) is 2.81. The largest absolute Gasteiger partial charge is 0.372 e. The third-order valence-corrected chi connectivity index (χ3v) is 3.65. The molecular formula is C12H16BrN5. The minimum Gasteiger partial charge on any atom is -0.372 e. The summed E-state index contributed by atoms with van der Waals surface area (Å²) in [6.45, 7) is 6.16. The minimum atomic E-state index is 0.327. The summed E-state index contributed by atoms with van der Waals surface area (Å²) >= 11 is 3.48. The Bertz CT molecular complexity index is 562. The van der Waals surface area contributed by atoms with E-state index in [4.69, 9.17) is 0 Å². The van der Waals surface area contributed by atoms with Crippen LogP contribution in [0.25, 0.3) is 11.5 Å². The van der Waals surface area contributed by atoms with Crippen LogP contribution in [0.15, 0.2) is 17.0 Å². The summed E-state index contributed by atoms with van der Waals surface area (Å²) < 4.78 is 2.95. The van der Waals surface area contributed by atoms with Crippen LogP contribution >= 0.6 is 15.9 Å². The molecule has 2 rings (SSSR count). The summed E-state index contributed by atoms with van der Waals surface area (Å²) in [4.78, 5) is 13.2. The summed E-state index contributed by atoms with van der Waals surface area (Å²) in [5.74, 6) is 1.47.